The molecule has 1 aliphatic rings. The van der Waals surface area contributed by atoms with Crippen molar-refractivity contribution in [1.82, 2.24) is 0 Å². The number of esters is 2. The first-order valence-corrected chi connectivity index (χ1v) is 6.54. The summed E-state index contributed by atoms with van der Waals surface area (Å²) < 4.78 is 23.2. The minimum atomic E-state index is -1.16. The van der Waals surface area contributed by atoms with E-state index in [1.165, 1.54) is 7.11 Å². The molecule has 1 saturated carbocycles. The topological polar surface area (TPSA) is 52.6 Å². The summed E-state index contributed by atoms with van der Waals surface area (Å²) in [6.07, 6.45) is -1.11. The van der Waals surface area contributed by atoms with Crippen LogP contribution in [0.5, 0.6) is 0 Å². The van der Waals surface area contributed by atoms with Crippen molar-refractivity contribution in [2.75, 3.05) is 7.11 Å². The van der Waals surface area contributed by atoms with Crippen LogP contribution in [0.3, 0.4) is 0 Å². The molecule has 0 amide bonds. The molecule has 1 fully saturated rings. The molecule has 1 aromatic rings. The number of halogens is 1. The lowest BCUT2D eigenvalue weighted by atomic mass is 9.96. The molecule has 0 bridgehead atoms. The van der Waals surface area contributed by atoms with Gasteiger partial charge >= 0.3 is 11.9 Å². The van der Waals surface area contributed by atoms with Crippen LogP contribution < -0.4 is 0 Å². The Bertz CT molecular complexity index is 474. The Hall–Kier alpha value is -1.91. The standard InChI is InChI=1S/C15H17FO4/c1-19-14(17)12-7-11(16)8-13(12)15(18)20-9-10-5-3-2-4-6-10/h2-6,11-13H,7-9H2,1H3/t11-,12+,13?/m0/s1. The Balaban J connectivity index is 1.95. The highest BCUT2D eigenvalue weighted by Gasteiger charge is 2.44. The van der Waals surface area contributed by atoms with Crippen molar-refractivity contribution >= 4 is 11.9 Å². The highest BCUT2D eigenvalue weighted by Crippen LogP contribution is 2.35. The Labute approximate surface area is 116 Å². The predicted molar refractivity (Wildman–Crippen MR) is 69.4 cm³/mol. The monoisotopic (exact) mass is 280 g/mol. The second-order valence-electron chi connectivity index (χ2n) is 4.90. The highest BCUT2D eigenvalue weighted by atomic mass is 19.1. The molecule has 5 heteroatoms. The van der Waals surface area contributed by atoms with E-state index < -0.39 is 29.9 Å². The van der Waals surface area contributed by atoms with Crippen LogP contribution in [-0.4, -0.2) is 25.2 Å². The van der Waals surface area contributed by atoms with Crippen molar-refractivity contribution in [3.63, 3.8) is 0 Å². The lowest BCUT2D eigenvalue weighted by Crippen LogP contribution is -2.27. The van der Waals surface area contributed by atoms with E-state index in [1.807, 2.05) is 30.3 Å². The van der Waals surface area contributed by atoms with E-state index in [0.717, 1.165) is 5.56 Å². The zero-order valence-corrected chi connectivity index (χ0v) is 11.3. The molecule has 20 heavy (non-hydrogen) atoms. The van der Waals surface area contributed by atoms with Crippen molar-refractivity contribution in [3.8, 4) is 0 Å². The third kappa shape index (κ3) is 3.35. The van der Waals surface area contributed by atoms with Gasteiger partial charge in [0.05, 0.1) is 18.9 Å². The fourth-order valence-corrected chi connectivity index (χ4v) is 2.48. The van der Waals surface area contributed by atoms with Gasteiger partial charge in [0.1, 0.15) is 12.8 Å². The molecule has 1 aliphatic carbocycles. The smallest absolute Gasteiger partial charge is 0.310 e. The predicted octanol–water partition coefficient (Wildman–Crippen LogP) is 2.27. The van der Waals surface area contributed by atoms with E-state index in [2.05, 4.69) is 4.74 Å². The average Bonchev–Trinajstić information content (AvgIpc) is 2.87. The van der Waals surface area contributed by atoms with Crippen LogP contribution in [0.15, 0.2) is 30.3 Å². The molecule has 0 aromatic heterocycles. The molecule has 4 nitrogen and oxygen atoms in total. The molecule has 0 aliphatic heterocycles. The lowest BCUT2D eigenvalue weighted by Gasteiger charge is -2.15. The molecule has 2 rings (SSSR count). The number of hydrogen-bond donors (Lipinski definition) is 0. The van der Waals surface area contributed by atoms with E-state index in [4.69, 9.17) is 4.74 Å². The zero-order valence-electron chi connectivity index (χ0n) is 11.3. The maximum Gasteiger partial charge on any atom is 0.310 e. The van der Waals surface area contributed by atoms with Gasteiger partial charge < -0.3 is 9.47 Å². The fraction of sp³-hybridized carbons (Fsp3) is 0.467. The van der Waals surface area contributed by atoms with Crippen LogP contribution in [0.1, 0.15) is 18.4 Å². The van der Waals surface area contributed by atoms with Crippen LogP contribution in [0.2, 0.25) is 0 Å². The molecule has 0 radical (unpaired) electrons. The largest absolute Gasteiger partial charge is 0.469 e. The molecule has 0 saturated heterocycles. The van der Waals surface area contributed by atoms with Gasteiger partial charge in [-0.3, -0.25) is 9.59 Å². The lowest BCUT2D eigenvalue weighted by molar-refractivity contribution is -0.158. The molecular formula is C15H17FO4. The van der Waals surface area contributed by atoms with E-state index in [9.17, 15) is 14.0 Å². The number of methoxy groups -OCH3 is 1. The van der Waals surface area contributed by atoms with Crippen molar-refractivity contribution in [3.05, 3.63) is 35.9 Å². The van der Waals surface area contributed by atoms with Gasteiger partial charge in [-0.25, -0.2) is 4.39 Å². The summed E-state index contributed by atoms with van der Waals surface area (Å²) in [6, 6.07) is 9.21. The van der Waals surface area contributed by atoms with Crippen molar-refractivity contribution < 1.29 is 23.5 Å². The van der Waals surface area contributed by atoms with Gasteiger partial charge in [0.15, 0.2) is 0 Å². The van der Waals surface area contributed by atoms with Crippen molar-refractivity contribution in [2.45, 2.75) is 25.6 Å². The van der Waals surface area contributed by atoms with Gasteiger partial charge in [-0.1, -0.05) is 30.3 Å². The number of carbonyl (C=O) groups is 2. The van der Waals surface area contributed by atoms with Gasteiger partial charge in [-0.2, -0.15) is 0 Å². The Kier molecular flexibility index (Phi) is 4.71. The Morgan fingerprint density at radius 1 is 1.15 bits per heavy atom. The zero-order chi connectivity index (χ0) is 14.5. The number of rotatable bonds is 4. The minimum absolute atomic E-state index is 0.0212. The molecular weight excluding hydrogens is 263 g/mol. The van der Waals surface area contributed by atoms with Gasteiger partial charge in [-0.15, -0.1) is 0 Å². The molecule has 0 N–H and O–H groups in total. The quantitative estimate of drug-likeness (QED) is 0.794. The van der Waals surface area contributed by atoms with Crippen molar-refractivity contribution in [2.24, 2.45) is 11.8 Å². The van der Waals surface area contributed by atoms with E-state index in [0.29, 0.717) is 0 Å². The van der Waals surface area contributed by atoms with Crippen molar-refractivity contribution in [1.29, 1.82) is 0 Å². The summed E-state index contributed by atoms with van der Waals surface area (Å²) in [5.74, 6) is -2.57. The SMILES string of the molecule is COC(=O)[C@@H]1C[C@H](F)CC1C(=O)OCc1ccccc1. The number of benzene rings is 1. The van der Waals surface area contributed by atoms with Gasteiger partial charge in [0.25, 0.3) is 0 Å². The second kappa shape index (κ2) is 6.50. The fourth-order valence-electron chi connectivity index (χ4n) is 2.48. The number of hydrogen-bond acceptors (Lipinski definition) is 4. The molecule has 1 unspecified atom stereocenters. The van der Waals surface area contributed by atoms with Crippen LogP contribution in [0, 0.1) is 11.8 Å². The molecule has 3 atom stereocenters. The summed E-state index contributed by atoms with van der Waals surface area (Å²) in [6.45, 7) is 0.126. The molecule has 1 aromatic carbocycles. The van der Waals surface area contributed by atoms with Gasteiger partial charge in [0.2, 0.25) is 0 Å². The average molecular weight is 280 g/mol. The van der Waals surface area contributed by atoms with Gasteiger partial charge in [0, 0.05) is 0 Å². The third-order valence-electron chi connectivity index (χ3n) is 3.54. The summed E-state index contributed by atoms with van der Waals surface area (Å²) in [7, 11) is 1.24. The number of carbonyl (C=O) groups excluding carboxylic acids is 2. The maximum atomic E-state index is 13.4. The summed E-state index contributed by atoms with van der Waals surface area (Å²) in [5, 5.41) is 0. The molecule has 108 valence electrons. The van der Waals surface area contributed by atoms with Crippen LogP contribution in [-0.2, 0) is 25.7 Å². The summed E-state index contributed by atoms with van der Waals surface area (Å²) >= 11 is 0. The summed E-state index contributed by atoms with van der Waals surface area (Å²) in [4.78, 5) is 23.6. The summed E-state index contributed by atoms with van der Waals surface area (Å²) in [5.41, 5.74) is 0.852. The Morgan fingerprint density at radius 2 is 1.75 bits per heavy atom. The normalized spacial score (nSPS) is 25.2. The Morgan fingerprint density at radius 3 is 2.35 bits per heavy atom. The first-order chi connectivity index (χ1) is 9.61. The van der Waals surface area contributed by atoms with Crippen LogP contribution in [0.25, 0.3) is 0 Å². The van der Waals surface area contributed by atoms with E-state index in [1.54, 1.807) is 0 Å². The number of alkyl halides is 1. The van der Waals surface area contributed by atoms with E-state index in [-0.39, 0.29) is 19.4 Å². The number of ether oxygens (including phenoxy) is 2. The third-order valence-corrected chi connectivity index (χ3v) is 3.54. The van der Waals surface area contributed by atoms with E-state index >= 15 is 0 Å². The highest BCUT2D eigenvalue weighted by molar-refractivity contribution is 5.82. The van der Waals surface area contributed by atoms with Gasteiger partial charge in [-0.05, 0) is 18.4 Å². The van der Waals surface area contributed by atoms with Crippen LogP contribution in [0.4, 0.5) is 4.39 Å². The first kappa shape index (κ1) is 14.5. The van der Waals surface area contributed by atoms with Crippen LogP contribution >= 0.6 is 0 Å². The maximum absolute atomic E-state index is 13.4. The second-order valence-corrected chi connectivity index (χ2v) is 4.90. The molecule has 0 spiro atoms. The molecule has 0 heterocycles. The minimum Gasteiger partial charge on any atom is -0.469 e. The first-order valence-electron chi connectivity index (χ1n) is 6.54.